The Balaban J connectivity index is 2.70. The first kappa shape index (κ1) is 12.1. The van der Waals surface area contributed by atoms with Crippen LogP contribution < -0.4 is 5.73 Å². The summed E-state index contributed by atoms with van der Waals surface area (Å²) in [6.07, 6.45) is 2.51. The summed E-state index contributed by atoms with van der Waals surface area (Å²) in [6, 6.07) is 6.26. The predicted molar refractivity (Wildman–Crippen MR) is 67.7 cm³/mol. The molecule has 0 unspecified atom stereocenters. The first-order chi connectivity index (χ1) is 6.79. The van der Waals surface area contributed by atoms with Gasteiger partial charge in [-0.15, -0.1) is 11.8 Å². The van der Waals surface area contributed by atoms with Crippen molar-refractivity contribution in [1.82, 2.24) is 0 Å². The summed E-state index contributed by atoms with van der Waals surface area (Å²) in [6.45, 7) is 2.82. The van der Waals surface area contributed by atoms with Gasteiger partial charge in [0, 0.05) is 15.9 Å². The van der Waals surface area contributed by atoms with Crippen molar-refractivity contribution in [2.75, 3.05) is 5.75 Å². The predicted octanol–water partition coefficient (Wildman–Crippen LogP) is 3.80. The second-order valence-electron chi connectivity index (χ2n) is 3.12. The molecule has 0 amide bonds. The molecule has 1 rings (SSSR count). The fraction of sp³-hybridized carbons (Fsp3) is 0.455. The maximum Gasteiger partial charge on any atom is 0.0231 e. The molecule has 0 aliphatic rings. The summed E-state index contributed by atoms with van der Waals surface area (Å²) >= 11 is 5.42. The smallest absolute Gasteiger partial charge is 0.0231 e. The lowest BCUT2D eigenvalue weighted by Crippen LogP contribution is -1.99. The zero-order valence-electron chi connectivity index (χ0n) is 8.42. The van der Waals surface area contributed by atoms with Gasteiger partial charge < -0.3 is 5.73 Å². The standard InChI is InChI=1S/C11H16BrNS/c1-2-3-7-14-11-6-4-5-10(12)9(11)8-13/h4-6H,2-3,7-8,13H2,1H3. The Hall–Kier alpha value is 0.01000. The largest absolute Gasteiger partial charge is 0.326 e. The third kappa shape index (κ3) is 3.30. The molecule has 0 saturated carbocycles. The van der Waals surface area contributed by atoms with Gasteiger partial charge >= 0.3 is 0 Å². The van der Waals surface area contributed by atoms with Crippen LogP contribution in [0.5, 0.6) is 0 Å². The van der Waals surface area contributed by atoms with Gasteiger partial charge in [0.25, 0.3) is 0 Å². The molecule has 3 heteroatoms. The van der Waals surface area contributed by atoms with E-state index in [0.29, 0.717) is 6.54 Å². The molecule has 1 nitrogen and oxygen atoms in total. The van der Waals surface area contributed by atoms with Crippen LogP contribution in [0, 0.1) is 0 Å². The van der Waals surface area contributed by atoms with Gasteiger partial charge in [0.1, 0.15) is 0 Å². The summed E-state index contributed by atoms with van der Waals surface area (Å²) in [5.41, 5.74) is 6.94. The Morgan fingerprint density at radius 3 is 2.86 bits per heavy atom. The number of rotatable bonds is 5. The molecule has 0 radical (unpaired) electrons. The lowest BCUT2D eigenvalue weighted by atomic mass is 10.2. The van der Waals surface area contributed by atoms with Crippen molar-refractivity contribution < 1.29 is 0 Å². The van der Waals surface area contributed by atoms with Crippen molar-refractivity contribution >= 4 is 27.7 Å². The monoisotopic (exact) mass is 273 g/mol. The number of hydrogen-bond acceptors (Lipinski definition) is 2. The SMILES string of the molecule is CCCCSc1cccc(Br)c1CN. The highest BCUT2D eigenvalue weighted by molar-refractivity contribution is 9.10. The van der Waals surface area contributed by atoms with Gasteiger partial charge in [-0.05, 0) is 29.9 Å². The third-order valence-corrected chi connectivity index (χ3v) is 3.96. The van der Waals surface area contributed by atoms with Gasteiger partial charge in [0.05, 0.1) is 0 Å². The van der Waals surface area contributed by atoms with E-state index in [0.717, 1.165) is 4.47 Å². The maximum atomic E-state index is 5.71. The van der Waals surface area contributed by atoms with E-state index in [2.05, 4.69) is 35.0 Å². The van der Waals surface area contributed by atoms with E-state index in [-0.39, 0.29) is 0 Å². The van der Waals surface area contributed by atoms with Crippen molar-refractivity contribution in [3.8, 4) is 0 Å². The minimum Gasteiger partial charge on any atom is -0.326 e. The van der Waals surface area contributed by atoms with Crippen molar-refractivity contribution in [2.24, 2.45) is 5.73 Å². The molecular formula is C11H16BrNS. The molecule has 0 heterocycles. The second-order valence-corrected chi connectivity index (χ2v) is 5.11. The maximum absolute atomic E-state index is 5.71. The highest BCUT2D eigenvalue weighted by Gasteiger charge is 2.04. The quantitative estimate of drug-likeness (QED) is 0.653. The number of hydrogen-bond donors (Lipinski definition) is 1. The molecule has 0 atom stereocenters. The van der Waals surface area contributed by atoms with Gasteiger partial charge in [-0.3, -0.25) is 0 Å². The molecule has 0 aliphatic heterocycles. The van der Waals surface area contributed by atoms with E-state index in [4.69, 9.17) is 5.73 Å². The van der Waals surface area contributed by atoms with E-state index in [1.54, 1.807) is 0 Å². The molecule has 78 valence electrons. The normalized spacial score (nSPS) is 10.5. The molecule has 1 aromatic carbocycles. The Labute approximate surface area is 98.6 Å². The van der Waals surface area contributed by atoms with Gasteiger partial charge in [-0.2, -0.15) is 0 Å². The fourth-order valence-electron chi connectivity index (χ4n) is 1.20. The summed E-state index contributed by atoms with van der Waals surface area (Å²) < 4.78 is 1.13. The Bertz CT molecular complexity index is 289. The second kappa shape index (κ2) is 6.49. The lowest BCUT2D eigenvalue weighted by molar-refractivity contribution is 0.895. The van der Waals surface area contributed by atoms with E-state index >= 15 is 0 Å². The number of nitrogens with two attached hydrogens (primary N) is 1. The van der Waals surface area contributed by atoms with Crippen LogP contribution in [-0.4, -0.2) is 5.75 Å². The third-order valence-electron chi connectivity index (χ3n) is 2.04. The van der Waals surface area contributed by atoms with Gasteiger partial charge in [0.15, 0.2) is 0 Å². The van der Waals surface area contributed by atoms with E-state index in [9.17, 15) is 0 Å². The Morgan fingerprint density at radius 2 is 2.21 bits per heavy atom. The van der Waals surface area contributed by atoms with Crippen molar-refractivity contribution in [3.63, 3.8) is 0 Å². The van der Waals surface area contributed by atoms with Crippen LogP contribution in [0.3, 0.4) is 0 Å². The number of thioether (sulfide) groups is 1. The van der Waals surface area contributed by atoms with Crippen molar-refractivity contribution in [1.29, 1.82) is 0 Å². The average Bonchev–Trinajstić information content (AvgIpc) is 2.18. The van der Waals surface area contributed by atoms with Crippen LogP contribution in [0.25, 0.3) is 0 Å². The van der Waals surface area contributed by atoms with Crippen LogP contribution in [0.15, 0.2) is 27.6 Å². The highest BCUT2D eigenvalue weighted by Crippen LogP contribution is 2.28. The zero-order chi connectivity index (χ0) is 10.4. The minimum absolute atomic E-state index is 0.607. The minimum atomic E-state index is 0.607. The van der Waals surface area contributed by atoms with Crippen LogP contribution in [0.4, 0.5) is 0 Å². The molecule has 14 heavy (non-hydrogen) atoms. The lowest BCUT2D eigenvalue weighted by Gasteiger charge is -2.08. The zero-order valence-corrected chi connectivity index (χ0v) is 10.8. The molecular weight excluding hydrogens is 258 g/mol. The van der Waals surface area contributed by atoms with Gasteiger partial charge in [-0.25, -0.2) is 0 Å². The molecule has 1 aromatic rings. The van der Waals surface area contributed by atoms with E-state index in [1.165, 1.54) is 29.1 Å². The van der Waals surface area contributed by atoms with Gasteiger partial charge in [0.2, 0.25) is 0 Å². The summed E-state index contributed by atoms with van der Waals surface area (Å²) in [5.74, 6) is 1.18. The fourth-order valence-corrected chi connectivity index (χ4v) is 3.05. The van der Waals surface area contributed by atoms with Crippen molar-refractivity contribution in [3.05, 3.63) is 28.2 Å². The Morgan fingerprint density at radius 1 is 1.43 bits per heavy atom. The number of halogens is 1. The molecule has 2 N–H and O–H groups in total. The molecule has 0 aromatic heterocycles. The highest BCUT2D eigenvalue weighted by atomic mass is 79.9. The first-order valence-corrected chi connectivity index (χ1v) is 6.67. The summed E-state index contributed by atoms with van der Waals surface area (Å²) in [5, 5.41) is 0. The molecule has 0 spiro atoms. The first-order valence-electron chi connectivity index (χ1n) is 4.89. The number of benzene rings is 1. The molecule has 0 aliphatic carbocycles. The van der Waals surface area contributed by atoms with Crippen molar-refractivity contribution in [2.45, 2.75) is 31.2 Å². The average molecular weight is 274 g/mol. The topological polar surface area (TPSA) is 26.0 Å². The molecule has 0 saturated heterocycles. The molecule has 0 bridgehead atoms. The summed E-state index contributed by atoms with van der Waals surface area (Å²) in [4.78, 5) is 1.32. The van der Waals surface area contributed by atoms with Crippen LogP contribution in [0.1, 0.15) is 25.3 Å². The summed E-state index contributed by atoms with van der Waals surface area (Å²) in [7, 11) is 0. The molecule has 0 fully saturated rings. The van der Waals surface area contributed by atoms with E-state index in [1.807, 2.05) is 17.8 Å². The Kier molecular flexibility index (Phi) is 5.60. The number of unbranched alkanes of at least 4 members (excludes halogenated alkanes) is 1. The van der Waals surface area contributed by atoms with E-state index < -0.39 is 0 Å². The van der Waals surface area contributed by atoms with Crippen LogP contribution >= 0.6 is 27.7 Å². The van der Waals surface area contributed by atoms with Crippen LogP contribution in [0.2, 0.25) is 0 Å². The van der Waals surface area contributed by atoms with Gasteiger partial charge in [-0.1, -0.05) is 35.3 Å². The van der Waals surface area contributed by atoms with Crippen LogP contribution in [-0.2, 0) is 6.54 Å².